The van der Waals surface area contributed by atoms with Crippen LogP contribution in [0.25, 0.3) is 0 Å². The van der Waals surface area contributed by atoms with Gasteiger partial charge in [-0.15, -0.1) is 0 Å². The van der Waals surface area contributed by atoms with Crippen molar-refractivity contribution in [3.8, 4) is 0 Å². The Kier molecular flexibility index (Phi) is 6.97. The summed E-state index contributed by atoms with van der Waals surface area (Å²) in [6.07, 6.45) is -2.09. The SMILES string of the molecule is [B][C@@H]1O[C@H](COC)[C@H](OP(C)(=O)[O-])C1OCCOC. The highest BCUT2D eigenvalue weighted by Crippen LogP contribution is 2.39. The van der Waals surface area contributed by atoms with Crippen LogP contribution in [0.2, 0.25) is 0 Å². The van der Waals surface area contributed by atoms with Crippen LogP contribution in [0, 0.1) is 0 Å². The molecule has 0 aliphatic carbocycles. The van der Waals surface area contributed by atoms with Crippen LogP contribution in [-0.2, 0) is 28.0 Å². The van der Waals surface area contributed by atoms with Gasteiger partial charge in [-0.2, -0.15) is 0 Å². The van der Waals surface area contributed by atoms with Crippen LogP contribution in [0.4, 0.5) is 0 Å². The van der Waals surface area contributed by atoms with Crippen LogP contribution in [0.5, 0.6) is 0 Å². The molecule has 0 bridgehead atoms. The molecule has 0 aromatic rings. The van der Waals surface area contributed by atoms with Gasteiger partial charge in [0.15, 0.2) is 0 Å². The molecular weight excluding hydrogens is 274 g/mol. The first-order valence-corrected chi connectivity index (χ1v) is 7.85. The van der Waals surface area contributed by atoms with Gasteiger partial charge in [-0.3, -0.25) is 0 Å². The molecule has 0 N–H and O–H groups in total. The van der Waals surface area contributed by atoms with Gasteiger partial charge in [0.05, 0.1) is 19.8 Å². The molecule has 5 atom stereocenters. The van der Waals surface area contributed by atoms with E-state index in [9.17, 15) is 9.46 Å². The number of hydrogen-bond donors (Lipinski definition) is 0. The summed E-state index contributed by atoms with van der Waals surface area (Å²) in [6.45, 7) is 1.80. The zero-order valence-corrected chi connectivity index (χ0v) is 12.2. The monoisotopic (exact) mass is 293 g/mol. The minimum Gasteiger partial charge on any atom is -0.779 e. The van der Waals surface area contributed by atoms with Crippen LogP contribution in [-0.4, -0.2) is 72.9 Å². The fourth-order valence-corrected chi connectivity index (χ4v) is 2.56. The van der Waals surface area contributed by atoms with Crippen LogP contribution in [0.3, 0.4) is 0 Å². The molecule has 1 aliphatic heterocycles. The lowest BCUT2D eigenvalue weighted by Crippen LogP contribution is -2.39. The molecule has 2 radical (unpaired) electrons. The molecule has 0 spiro atoms. The van der Waals surface area contributed by atoms with E-state index in [1.165, 1.54) is 14.2 Å². The quantitative estimate of drug-likeness (QED) is 0.326. The molecule has 9 heteroatoms. The fourth-order valence-electron chi connectivity index (χ4n) is 1.86. The van der Waals surface area contributed by atoms with E-state index in [-0.39, 0.29) is 13.2 Å². The lowest BCUT2D eigenvalue weighted by Gasteiger charge is -2.29. The van der Waals surface area contributed by atoms with Crippen LogP contribution in [0.15, 0.2) is 0 Å². The van der Waals surface area contributed by atoms with Crippen LogP contribution >= 0.6 is 7.60 Å². The van der Waals surface area contributed by atoms with Gasteiger partial charge in [-0.05, 0) is 0 Å². The maximum atomic E-state index is 11.3. The summed E-state index contributed by atoms with van der Waals surface area (Å²) in [5.41, 5.74) is 0. The summed E-state index contributed by atoms with van der Waals surface area (Å²) >= 11 is 0. The van der Waals surface area contributed by atoms with Gasteiger partial charge in [-0.25, -0.2) is 0 Å². The van der Waals surface area contributed by atoms with Gasteiger partial charge in [0.25, 0.3) is 0 Å². The standard InChI is InChI=1S/C10H20BO7P/c1-14-4-5-16-9-8(18-19(3,12)13)7(6-15-2)17-10(9)11/h7-10H,4-6H2,1-3H3,(H,12,13)/p-1/t7-,8+,9?,10-/m1/s1. The summed E-state index contributed by atoms with van der Waals surface area (Å²) in [5, 5.41) is 0. The predicted octanol–water partition coefficient (Wildman–Crippen LogP) is -0.874. The van der Waals surface area contributed by atoms with Crippen molar-refractivity contribution in [2.75, 3.05) is 40.7 Å². The van der Waals surface area contributed by atoms with E-state index in [0.717, 1.165) is 6.66 Å². The average molecular weight is 293 g/mol. The smallest absolute Gasteiger partial charge is 0.132 e. The first kappa shape index (κ1) is 17.1. The predicted molar refractivity (Wildman–Crippen MR) is 66.3 cm³/mol. The highest BCUT2D eigenvalue weighted by atomic mass is 31.2. The Hall–Kier alpha value is 0.0549. The summed E-state index contributed by atoms with van der Waals surface area (Å²) in [7, 11) is 4.86. The molecule has 2 unspecified atom stereocenters. The zero-order valence-electron chi connectivity index (χ0n) is 11.3. The fraction of sp³-hybridized carbons (Fsp3) is 1.00. The Morgan fingerprint density at radius 1 is 1.26 bits per heavy atom. The van der Waals surface area contributed by atoms with Crippen molar-refractivity contribution in [2.24, 2.45) is 0 Å². The molecule has 1 heterocycles. The topological polar surface area (TPSA) is 86.3 Å². The van der Waals surface area contributed by atoms with Crippen molar-refractivity contribution < 1.29 is 32.9 Å². The van der Waals surface area contributed by atoms with Gasteiger partial charge in [0.1, 0.15) is 33.8 Å². The lowest BCUT2D eigenvalue weighted by molar-refractivity contribution is -0.205. The molecule has 1 rings (SSSR count). The maximum absolute atomic E-state index is 11.3. The maximum Gasteiger partial charge on any atom is 0.132 e. The van der Waals surface area contributed by atoms with E-state index >= 15 is 0 Å². The number of ether oxygens (including phenoxy) is 4. The lowest BCUT2D eigenvalue weighted by atomic mass is 9.93. The normalized spacial score (nSPS) is 34.3. The Balaban J connectivity index is 2.70. The van der Waals surface area contributed by atoms with Gasteiger partial charge in [-0.1, -0.05) is 0 Å². The van der Waals surface area contributed by atoms with E-state index in [1.54, 1.807) is 0 Å². The minimum absolute atomic E-state index is 0.169. The molecule has 1 aliphatic rings. The Labute approximate surface area is 114 Å². The van der Waals surface area contributed by atoms with Gasteiger partial charge < -0.3 is 32.9 Å². The highest BCUT2D eigenvalue weighted by molar-refractivity contribution is 7.50. The molecule has 1 saturated heterocycles. The van der Waals surface area contributed by atoms with Gasteiger partial charge >= 0.3 is 0 Å². The highest BCUT2D eigenvalue weighted by Gasteiger charge is 2.44. The second kappa shape index (κ2) is 7.74. The zero-order chi connectivity index (χ0) is 14.5. The Bertz CT molecular complexity index is 310. The number of hydrogen-bond acceptors (Lipinski definition) is 7. The second-order valence-electron chi connectivity index (χ2n) is 4.26. The minimum atomic E-state index is -3.93. The summed E-state index contributed by atoms with van der Waals surface area (Å²) in [5.74, 6) is 0. The summed E-state index contributed by atoms with van der Waals surface area (Å²) < 4.78 is 37.0. The second-order valence-corrected chi connectivity index (χ2v) is 6.02. The molecular formula is C10H19BO7P-. The van der Waals surface area contributed by atoms with E-state index in [2.05, 4.69) is 0 Å². The number of rotatable bonds is 8. The molecule has 0 aromatic carbocycles. The Morgan fingerprint density at radius 2 is 1.95 bits per heavy atom. The van der Waals surface area contributed by atoms with E-state index < -0.39 is 31.9 Å². The Morgan fingerprint density at radius 3 is 2.47 bits per heavy atom. The molecule has 0 saturated carbocycles. The van der Waals surface area contributed by atoms with Crippen molar-refractivity contribution in [3.63, 3.8) is 0 Å². The van der Waals surface area contributed by atoms with Crippen molar-refractivity contribution in [1.29, 1.82) is 0 Å². The third-order valence-electron chi connectivity index (χ3n) is 2.59. The third-order valence-corrected chi connectivity index (χ3v) is 3.21. The molecule has 0 aromatic heterocycles. The van der Waals surface area contributed by atoms with Crippen molar-refractivity contribution >= 4 is 15.4 Å². The summed E-state index contributed by atoms with van der Waals surface area (Å²) in [6, 6.07) is -0.770. The first-order valence-electron chi connectivity index (χ1n) is 5.86. The molecule has 110 valence electrons. The van der Waals surface area contributed by atoms with E-state index in [4.69, 9.17) is 31.3 Å². The number of methoxy groups -OCH3 is 2. The first-order chi connectivity index (χ1) is 8.89. The average Bonchev–Trinajstić information content (AvgIpc) is 2.56. The van der Waals surface area contributed by atoms with Crippen LogP contribution < -0.4 is 4.89 Å². The van der Waals surface area contributed by atoms with E-state index in [0.29, 0.717) is 6.61 Å². The van der Waals surface area contributed by atoms with Gasteiger partial charge in [0.2, 0.25) is 0 Å². The molecule has 0 amide bonds. The molecule has 1 fully saturated rings. The molecule has 7 nitrogen and oxygen atoms in total. The van der Waals surface area contributed by atoms with Crippen LogP contribution in [0.1, 0.15) is 0 Å². The molecule has 19 heavy (non-hydrogen) atoms. The third kappa shape index (κ3) is 5.51. The van der Waals surface area contributed by atoms with Crippen molar-refractivity contribution in [2.45, 2.75) is 24.3 Å². The van der Waals surface area contributed by atoms with Gasteiger partial charge in [0, 0.05) is 26.9 Å². The van der Waals surface area contributed by atoms with Crippen molar-refractivity contribution in [3.05, 3.63) is 0 Å². The largest absolute Gasteiger partial charge is 0.779 e. The van der Waals surface area contributed by atoms with Crippen molar-refractivity contribution in [1.82, 2.24) is 0 Å². The summed E-state index contributed by atoms with van der Waals surface area (Å²) in [4.78, 5) is 11.3. The van der Waals surface area contributed by atoms with E-state index in [1.807, 2.05) is 0 Å².